The Labute approximate surface area is 79.6 Å². The van der Waals surface area contributed by atoms with Crippen molar-refractivity contribution in [2.75, 3.05) is 19.7 Å². The van der Waals surface area contributed by atoms with Gasteiger partial charge in [-0.15, -0.1) is 0 Å². The summed E-state index contributed by atoms with van der Waals surface area (Å²) in [5, 5.41) is 30.2. The molecule has 4 N–H and O–H groups in total. The number of hydrogen-bond acceptors (Lipinski definition) is 4. The highest BCUT2D eigenvalue weighted by molar-refractivity contribution is 4.79. The van der Waals surface area contributed by atoms with E-state index in [0.29, 0.717) is 13.1 Å². The van der Waals surface area contributed by atoms with Gasteiger partial charge >= 0.3 is 0 Å². The summed E-state index contributed by atoms with van der Waals surface area (Å²) >= 11 is 0. The van der Waals surface area contributed by atoms with E-state index in [9.17, 15) is 5.11 Å². The van der Waals surface area contributed by atoms with Crippen LogP contribution in [-0.4, -0.2) is 46.7 Å². The molecule has 0 aromatic carbocycles. The van der Waals surface area contributed by atoms with E-state index in [4.69, 9.17) is 10.2 Å². The molecule has 13 heavy (non-hydrogen) atoms. The lowest BCUT2D eigenvalue weighted by molar-refractivity contribution is 0.00955. The maximum absolute atomic E-state index is 9.77. The lowest BCUT2D eigenvalue weighted by Gasteiger charge is -2.28. The van der Waals surface area contributed by atoms with Crippen LogP contribution in [0.15, 0.2) is 0 Å². The predicted octanol–water partition coefficient (Wildman–Crippen LogP) is -0.664. The molecule has 2 unspecified atom stereocenters. The molecule has 0 saturated carbocycles. The number of aliphatic hydroxyl groups excluding tert-OH is 2. The minimum Gasteiger partial charge on any atom is -0.394 e. The highest BCUT2D eigenvalue weighted by Gasteiger charge is 2.24. The zero-order valence-corrected chi connectivity index (χ0v) is 8.62. The second kappa shape index (κ2) is 5.54. The molecule has 0 spiro atoms. The van der Waals surface area contributed by atoms with Gasteiger partial charge in [-0.05, 0) is 12.8 Å². The Morgan fingerprint density at radius 2 is 1.92 bits per heavy atom. The van der Waals surface area contributed by atoms with Gasteiger partial charge in [-0.25, -0.2) is 0 Å². The van der Waals surface area contributed by atoms with Crippen LogP contribution < -0.4 is 5.32 Å². The van der Waals surface area contributed by atoms with Crippen molar-refractivity contribution in [2.24, 2.45) is 5.92 Å². The van der Waals surface area contributed by atoms with E-state index in [0.717, 1.165) is 0 Å². The van der Waals surface area contributed by atoms with E-state index in [1.165, 1.54) is 0 Å². The average Bonchev–Trinajstić information content (AvgIpc) is 2.03. The van der Waals surface area contributed by atoms with E-state index in [2.05, 4.69) is 5.32 Å². The van der Waals surface area contributed by atoms with Crippen molar-refractivity contribution in [3.63, 3.8) is 0 Å². The van der Waals surface area contributed by atoms with Gasteiger partial charge in [0.2, 0.25) is 0 Å². The topological polar surface area (TPSA) is 72.7 Å². The molecule has 0 radical (unpaired) electrons. The number of rotatable bonds is 6. The zero-order chi connectivity index (χ0) is 10.5. The van der Waals surface area contributed by atoms with Gasteiger partial charge in [0.1, 0.15) is 0 Å². The van der Waals surface area contributed by atoms with Gasteiger partial charge in [0.05, 0.1) is 18.3 Å². The van der Waals surface area contributed by atoms with Gasteiger partial charge in [0.15, 0.2) is 0 Å². The van der Waals surface area contributed by atoms with E-state index in [-0.39, 0.29) is 12.5 Å². The first-order valence-corrected chi connectivity index (χ1v) is 4.62. The van der Waals surface area contributed by atoms with E-state index >= 15 is 0 Å². The highest BCUT2D eigenvalue weighted by Crippen LogP contribution is 2.14. The van der Waals surface area contributed by atoms with Crippen molar-refractivity contribution in [1.29, 1.82) is 0 Å². The SMILES string of the molecule is CC(C)C(C)(O)CNCC(O)CO. The van der Waals surface area contributed by atoms with Crippen LogP contribution in [0.5, 0.6) is 0 Å². The van der Waals surface area contributed by atoms with Gasteiger partial charge < -0.3 is 20.6 Å². The lowest BCUT2D eigenvalue weighted by Crippen LogP contribution is -2.44. The van der Waals surface area contributed by atoms with Crippen LogP contribution in [0.2, 0.25) is 0 Å². The van der Waals surface area contributed by atoms with Gasteiger partial charge in [-0.2, -0.15) is 0 Å². The molecule has 0 heterocycles. The Bertz CT molecular complexity index is 137. The van der Waals surface area contributed by atoms with Crippen molar-refractivity contribution >= 4 is 0 Å². The molecule has 0 aliphatic rings. The Hall–Kier alpha value is -0.160. The first kappa shape index (κ1) is 12.8. The fourth-order valence-corrected chi connectivity index (χ4v) is 0.761. The predicted molar refractivity (Wildman–Crippen MR) is 51.4 cm³/mol. The maximum atomic E-state index is 9.77. The molecule has 80 valence electrons. The molecule has 0 fully saturated rings. The second-order valence-corrected chi connectivity index (χ2v) is 3.98. The van der Waals surface area contributed by atoms with Crippen LogP contribution in [0, 0.1) is 5.92 Å². The maximum Gasteiger partial charge on any atom is 0.0894 e. The molecule has 4 nitrogen and oxygen atoms in total. The summed E-state index contributed by atoms with van der Waals surface area (Å²) in [6, 6.07) is 0. The van der Waals surface area contributed by atoms with Gasteiger partial charge in [0.25, 0.3) is 0 Å². The standard InChI is InChI=1S/C9H21NO3/c1-7(2)9(3,13)6-10-4-8(12)5-11/h7-8,10-13H,4-6H2,1-3H3. The number of hydrogen-bond donors (Lipinski definition) is 4. The van der Waals surface area contributed by atoms with Crippen LogP contribution in [-0.2, 0) is 0 Å². The summed E-state index contributed by atoms with van der Waals surface area (Å²) in [4.78, 5) is 0. The Morgan fingerprint density at radius 1 is 1.38 bits per heavy atom. The van der Waals surface area contributed by atoms with E-state index < -0.39 is 11.7 Å². The van der Waals surface area contributed by atoms with Gasteiger partial charge in [0, 0.05) is 13.1 Å². The average molecular weight is 191 g/mol. The summed E-state index contributed by atoms with van der Waals surface area (Å²) in [7, 11) is 0. The molecule has 0 rings (SSSR count). The molecule has 0 aromatic rings. The fraction of sp³-hybridized carbons (Fsp3) is 1.00. The normalized spacial score (nSPS) is 18.7. The van der Waals surface area contributed by atoms with Crippen molar-refractivity contribution in [3.8, 4) is 0 Å². The van der Waals surface area contributed by atoms with E-state index in [1.807, 2.05) is 13.8 Å². The minimum absolute atomic E-state index is 0.159. The smallest absolute Gasteiger partial charge is 0.0894 e. The van der Waals surface area contributed by atoms with Crippen LogP contribution in [0.3, 0.4) is 0 Å². The third-order valence-corrected chi connectivity index (χ3v) is 2.32. The highest BCUT2D eigenvalue weighted by atomic mass is 16.3. The first-order chi connectivity index (χ1) is 5.90. The monoisotopic (exact) mass is 191 g/mol. The quantitative estimate of drug-likeness (QED) is 0.449. The molecule has 4 heteroatoms. The molecule has 0 aromatic heterocycles. The van der Waals surface area contributed by atoms with Gasteiger partial charge in [-0.1, -0.05) is 13.8 Å². The molecule has 0 bridgehead atoms. The minimum atomic E-state index is -0.769. The van der Waals surface area contributed by atoms with Crippen LogP contribution >= 0.6 is 0 Å². The van der Waals surface area contributed by atoms with Crippen LogP contribution in [0.1, 0.15) is 20.8 Å². The third-order valence-electron chi connectivity index (χ3n) is 2.32. The molecule has 0 aliphatic carbocycles. The van der Waals surface area contributed by atoms with Crippen molar-refractivity contribution in [2.45, 2.75) is 32.5 Å². The van der Waals surface area contributed by atoms with Gasteiger partial charge in [-0.3, -0.25) is 0 Å². The zero-order valence-electron chi connectivity index (χ0n) is 8.62. The lowest BCUT2D eigenvalue weighted by atomic mass is 9.92. The van der Waals surface area contributed by atoms with Crippen molar-refractivity contribution in [1.82, 2.24) is 5.32 Å². The number of nitrogens with one attached hydrogen (secondary N) is 1. The Kier molecular flexibility index (Phi) is 5.48. The number of aliphatic hydroxyl groups is 3. The molecule has 0 aliphatic heterocycles. The molecule has 2 atom stereocenters. The van der Waals surface area contributed by atoms with Crippen molar-refractivity contribution < 1.29 is 15.3 Å². The fourth-order valence-electron chi connectivity index (χ4n) is 0.761. The summed E-state index contributed by atoms with van der Waals surface area (Å²) < 4.78 is 0. The Balaban J connectivity index is 3.63. The summed E-state index contributed by atoms with van der Waals surface area (Å²) in [6.45, 7) is 6.09. The summed E-state index contributed by atoms with van der Waals surface area (Å²) in [5.74, 6) is 0.159. The third kappa shape index (κ3) is 5.21. The summed E-state index contributed by atoms with van der Waals surface area (Å²) in [5.41, 5.74) is -0.769. The summed E-state index contributed by atoms with van der Waals surface area (Å²) in [6.07, 6.45) is -0.747. The molecule has 0 saturated heterocycles. The first-order valence-electron chi connectivity index (χ1n) is 4.62. The Morgan fingerprint density at radius 3 is 2.31 bits per heavy atom. The van der Waals surface area contributed by atoms with E-state index in [1.54, 1.807) is 6.92 Å². The molecule has 0 amide bonds. The molecular weight excluding hydrogens is 170 g/mol. The largest absolute Gasteiger partial charge is 0.394 e. The molecular formula is C9H21NO3. The van der Waals surface area contributed by atoms with Crippen LogP contribution in [0.25, 0.3) is 0 Å². The van der Waals surface area contributed by atoms with Crippen LogP contribution in [0.4, 0.5) is 0 Å². The second-order valence-electron chi connectivity index (χ2n) is 3.98. The van der Waals surface area contributed by atoms with Crippen molar-refractivity contribution in [3.05, 3.63) is 0 Å².